The summed E-state index contributed by atoms with van der Waals surface area (Å²) < 4.78 is 8.98. The van der Waals surface area contributed by atoms with Gasteiger partial charge in [0.25, 0.3) is 0 Å². The molecule has 5 aromatic rings. The zero-order chi connectivity index (χ0) is 25.5. The summed E-state index contributed by atoms with van der Waals surface area (Å²) in [6.45, 7) is 16.1. The Morgan fingerprint density at radius 1 is 0.944 bits per heavy atom. The van der Waals surface area contributed by atoms with Crippen molar-refractivity contribution >= 4 is 43.9 Å². The zero-order valence-corrected chi connectivity index (χ0v) is 22.8. The van der Waals surface area contributed by atoms with Crippen LogP contribution < -0.4 is 4.57 Å². The molecule has 0 atom stereocenters. The number of furan rings is 1. The highest BCUT2D eigenvalue weighted by atomic mass is 16.3. The van der Waals surface area contributed by atoms with Gasteiger partial charge in [-0.05, 0) is 76.9 Å². The number of fused-ring (bicyclic) bond motifs is 3. The third-order valence-corrected chi connectivity index (χ3v) is 8.02. The fourth-order valence-electron chi connectivity index (χ4n) is 6.03. The van der Waals surface area contributed by atoms with Gasteiger partial charge in [-0.2, -0.15) is 0 Å². The Morgan fingerprint density at radius 2 is 1.69 bits per heavy atom. The Morgan fingerprint density at radius 3 is 2.42 bits per heavy atom. The third-order valence-electron chi connectivity index (χ3n) is 8.02. The largest absolute Gasteiger partial charge is 0.455 e. The van der Waals surface area contributed by atoms with E-state index in [4.69, 9.17) is 4.42 Å². The normalized spacial score (nSPS) is 13.8. The lowest BCUT2D eigenvalue weighted by Gasteiger charge is -2.21. The molecule has 0 amide bonds. The van der Waals surface area contributed by atoms with Gasteiger partial charge in [-0.3, -0.25) is 0 Å². The quantitative estimate of drug-likeness (QED) is 0.239. The number of allylic oxidation sites excluding steroid dienone is 1. The van der Waals surface area contributed by atoms with Crippen molar-refractivity contribution in [3.63, 3.8) is 0 Å². The number of rotatable bonds is 3. The fraction of sp³-hybridized carbons (Fsp3) is 0.324. The van der Waals surface area contributed by atoms with Gasteiger partial charge in [0.2, 0.25) is 5.69 Å². The summed E-state index contributed by atoms with van der Waals surface area (Å²) in [6.07, 6.45) is 3.26. The average Bonchev–Trinajstić information content (AvgIpc) is 3.33. The van der Waals surface area contributed by atoms with Crippen LogP contribution in [-0.2, 0) is 12.5 Å². The minimum Gasteiger partial charge on any atom is -0.455 e. The number of para-hydroxylation sites is 1. The van der Waals surface area contributed by atoms with Gasteiger partial charge in [0.1, 0.15) is 18.2 Å². The molecule has 1 aliphatic carbocycles. The van der Waals surface area contributed by atoms with E-state index in [2.05, 4.69) is 115 Å². The minimum atomic E-state index is 0.0832. The lowest BCUT2D eigenvalue weighted by molar-refractivity contribution is -0.672. The molecule has 36 heavy (non-hydrogen) atoms. The second-order valence-corrected chi connectivity index (χ2v) is 12.1. The number of pyridine rings is 1. The first-order valence-corrected chi connectivity index (χ1v) is 13.2. The molecule has 2 heteroatoms. The summed E-state index contributed by atoms with van der Waals surface area (Å²) in [5.41, 5.74) is 12.8. The highest BCUT2D eigenvalue weighted by Gasteiger charge is 2.36. The number of aromatic nitrogens is 1. The van der Waals surface area contributed by atoms with Crippen LogP contribution in [0.15, 0.2) is 59.1 Å². The number of hydrogen-bond donors (Lipinski definition) is 0. The highest BCUT2D eigenvalue weighted by Crippen LogP contribution is 2.50. The van der Waals surface area contributed by atoms with Crippen LogP contribution in [0.2, 0.25) is 0 Å². The molecule has 2 aromatic heterocycles. The maximum absolute atomic E-state index is 6.65. The number of hydrogen-bond acceptors (Lipinski definition) is 1. The molecule has 0 spiro atoms. The van der Waals surface area contributed by atoms with E-state index in [-0.39, 0.29) is 5.41 Å². The number of aryl methyl sites for hydroxylation is 2. The Bertz CT molecular complexity index is 1740. The van der Waals surface area contributed by atoms with E-state index in [0.29, 0.717) is 5.92 Å². The first-order chi connectivity index (χ1) is 17.1. The summed E-state index contributed by atoms with van der Waals surface area (Å²) >= 11 is 0. The van der Waals surface area contributed by atoms with E-state index < -0.39 is 0 Å². The Labute approximate surface area is 214 Å². The number of nitrogens with zero attached hydrogens (tertiary/aromatic N) is 1. The molecule has 182 valence electrons. The lowest BCUT2D eigenvalue weighted by Crippen LogP contribution is -2.32. The van der Waals surface area contributed by atoms with Crippen LogP contribution in [0.1, 0.15) is 74.6 Å². The topological polar surface area (TPSA) is 17.0 Å². The van der Waals surface area contributed by atoms with Gasteiger partial charge in [0.15, 0.2) is 6.20 Å². The average molecular weight is 475 g/mol. The molecule has 0 fully saturated rings. The van der Waals surface area contributed by atoms with Gasteiger partial charge < -0.3 is 4.42 Å². The molecule has 1 aliphatic rings. The van der Waals surface area contributed by atoms with Crippen LogP contribution in [0.25, 0.3) is 43.9 Å². The maximum atomic E-state index is 6.65. The van der Waals surface area contributed by atoms with Crippen molar-refractivity contribution in [3.8, 4) is 0 Å². The molecule has 0 N–H and O–H groups in total. The Balaban J connectivity index is 1.81. The van der Waals surface area contributed by atoms with E-state index >= 15 is 0 Å². The summed E-state index contributed by atoms with van der Waals surface area (Å²) in [4.78, 5) is 0. The Hall–Kier alpha value is -3.39. The van der Waals surface area contributed by atoms with Crippen molar-refractivity contribution in [2.24, 2.45) is 13.0 Å². The van der Waals surface area contributed by atoms with Crippen LogP contribution >= 0.6 is 0 Å². The second kappa shape index (κ2) is 7.80. The van der Waals surface area contributed by atoms with Crippen LogP contribution in [0.4, 0.5) is 0 Å². The van der Waals surface area contributed by atoms with E-state index in [1.54, 1.807) is 0 Å². The van der Waals surface area contributed by atoms with Crippen molar-refractivity contribution in [1.82, 2.24) is 0 Å². The summed E-state index contributed by atoms with van der Waals surface area (Å²) in [7, 11) is 2.19. The fourth-order valence-corrected chi connectivity index (χ4v) is 6.03. The summed E-state index contributed by atoms with van der Waals surface area (Å²) in [6, 6.07) is 17.9. The van der Waals surface area contributed by atoms with E-state index in [0.717, 1.165) is 17.6 Å². The molecule has 6 rings (SSSR count). The standard InChI is InChI=1S/C34H36NO/c1-19(2)15-25-26-18-23(34(5,6)7)17-22-13-14-35(8)32(30(22)26)31(25)29-21(4)20(3)16-27-24-11-9-10-12-28(24)36-33(27)29/h9-14,16-19H,15H2,1-8H3/q+1. The minimum absolute atomic E-state index is 0.0832. The molecular weight excluding hydrogens is 438 g/mol. The molecule has 0 saturated heterocycles. The maximum Gasteiger partial charge on any atom is 0.221 e. The predicted molar refractivity (Wildman–Crippen MR) is 152 cm³/mol. The van der Waals surface area contributed by atoms with Crippen molar-refractivity contribution in [1.29, 1.82) is 0 Å². The second-order valence-electron chi connectivity index (χ2n) is 12.1. The van der Waals surface area contributed by atoms with Crippen molar-refractivity contribution in [2.45, 2.75) is 60.3 Å². The molecule has 0 saturated carbocycles. The highest BCUT2D eigenvalue weighted by molar-refractivity contribution is 6.20. The van der Waals surface area contributed by atoms with Gasteiger partial charge in [0, 0.05) is 22.4 Å². The van der Waals surface area contributed by atoms with Crippen LogP contribution in [0.5, 0.6) is 0 Å². The molecule has 3 aromatic carbocycles. The third kappa shape index (κ3) is 3.27. The van der Waals surface area contributed by atoms with Crippen molar-refractivity contribution in [3.05, 3.63) is 88.2 Å². The van der Waals surface area contributed by atoms with Crippen LogP contribution in [-0.4, -0.2) is 0 Å². The van der Waals surface area contributed by atoms with Gasteiger partial charge in [-0.25, -0.2) is 4.57 Å². The van der Waals surface area contributed by atoms with E-state index in [1.807, 2.05) is 0 Å². The number of benzene rings is 3. The monoisotopic (exact) mass is 474 g/mol. The van der Waals surface area contributed by atoms with Crippen LogP contribution in [0.3, 0.4) is 0 Å². The molecule has 0 radical (unpaired) electrons. The van der Waals surface area contributed by atoms with E-state index in [9.17, 15) is 0 Å². The molecule has 2 nitrogen and oxygen atoms in total. The van der Waals surface area contributed by atoms with Gasteiger partial charge in [0.05, 0.1) is 11.0 Å². The smallest absolute Gasteiger partial charge is 0.221 e. The molecule has 0 aliphatic heterocycles. The van der Waals surface area contributed by atoms with Gasteiger partial charge in [-0.1, -0.05) is 65.0 Å². The van der Waals surface area contributed by atoms with Crippen molar-refractivity contribution < 1.29 is 8.98 Å². The molecular formula is C34H36NO+. The first-order valence-electron chi connectivity index (χ1n) is 13.2. The zero-order valence-electron chi connectivity index (χ0n) is 22.8. The lowest BCUT2D eigenvalue weighted by atomic mass is 9.83. The predicted octanol–water partition coefficient (Wildman–Crippen LogP) is 8.80. The molecule has 2 heterocycles. The first kappa shape index (κ1) is 23.0. The molecule has 0 unspecified atom stereocenters. The Kier molecular flexibility index (Phi) is 4.99. The van der Waals surface area contributed by atoms with E-state index in [1.165, 1.54) is 66.2 Å². The van der Waals surface area contributed by atoms with Gasteiger partial charge in [-0.15, -0.1) is 0 Å². The van der Waals surface area contributed by atoms with Crippen molar-refractivity contribution in [2.75, 3.05) is 0 Å². The van der Waals surface area contributed by atoms with Gasteiger partial charge >= 0.3 is 0 Å². The SMILES string of the molecule is Cc1cc2c(oc3ccccc32)c(C2=C(CC(C)C)c3cc(C(C)(C)C)cc4cc[n+](C)c2c34)c1C. The van der Waals surface area contributed by atoms with Crippen LogP contribution in [0, 0.1) is 19.8 Å². The summed E-state index contributed by atoms with van der Waals surface area (Å²) in [5.74, 6) is 0.541. The summed E-state index contributed by atoms with van der Waals surface area (Å²) in [5, 5.41) is 5.11. The molecule has 0 bridgehead atoms.